The highest BCUT2D eigenvalue weighted by molar-refractivity contribution is 5.19. The normalized spacial score (nSPS) is 10.8. The lowest BCUT2D eigenvalue weighted by Crippen LogP contribution is -2.06. The van der Waals surface area contributed by atoms with Gasteiger partial charge in [0.2, 0.25) is 0 Å². The van der Waals surface area contributed by atoms with Crippen molar-refractivity contribution < 1.29 is 10.2 Å². The van der Waals surface area contributed by atoms with Crippen LogP contribution in [0.25, 0.3) is 0 Å². The Hall–Kier alpha value is -0.860. The number of hydrogen-bond acceptors (Lipinski definition) is 2. The molecule has 0 bridgehead atoms. The molecule has 1 aromatic carbocycles. The number of aliphatic hydroxyl groups excluding tert-OH is 2. The highest BCUT2D eigenvalue weighted by Gasteiger charge is 2.08. The van der Waals surface area contributed by atoms with E-state index in [1.165, 1.54) is 11.5 Å². The van der Waals surface area contributed by atoms with Gasteiger partial charge in [0.15, 0.2) is 0 Å². The third-order valence-electron chi connectivity index (χ3n) is 2.23. The number of benzene rings is 1. The topological polar surface area (TPSA) is 40.5 Å². The monoisotopic (exact) mass is 193 g/mol. The molecule has 2 heteroatoms. The summed E-state index contributed by atoms with van der Waals surface area (Å²) in [6.45, 7) is 0.338. The Balaban J connectivity index is 2.46. The van der Waals surface area contributed by atoms with Crippen LogP contribution in [0.1, 0.15) is 18.4 Å². The average molecular weight is 193 g/mol. The highest BCUT2D eigenvalue weighted by atomic mass is 16.3. The molecule has 2 N–H and O–H groups in total. The molecule has 1 radical (unpaired) electrons. The first-order valence-corrected chi connectivity index (χ1v) is 4.96. The van der Waals surface area contributed by atoms with Crippen LogP contribution in [0.2, 0.25) is 0 Å². The van der Waals surface area contributed by atoms with Gasteiger partial charge in [-0.15, -0.1) is 0 Å². The Bertz CT molecular complexity index is 227. The van der Waals surface area contributed by atoms with E-state index in [-0.39, 0.29) is 13.2 Å². The SMILES string of the molecule is OCC[C](CCO)Cc1ccccc1. The molecule has 0 fully saturated rings. The van der Waals surface area contributed by atoms with Crippen molar-refractivity contribution in [3.8, 4) is 0 Å². The van der Waals surface area contributed by atoms with Crippen molar-refractivity contribution in [3.05, 3.63) is 41.8 Å². The number of rotatable bonds is 6. The second-order valence-electron chi connectivity index (χ2n) is 3.36. The maximum Gasteiger partial charge on any atom is 0.0436 e. The van der Waals surface area contributed by atoms with Gasteiger partial charge >= 0.3 is 0 Å². The van der Waals surface area contributed by atoms with E-state index in [0.29, 0.717) is 12.8 Å². The summed E-state index contributed by atoms with van der Waals surface area (Å²) in [6.07, 6.45) is 2.24. The molecule has 0 aliphatic rings. The van der Waals surface area contributed by atoms with Crippen LogP contribution in [0.15, 0.2) is 30.3 Å². The van der Waals surface area contributed by atoms with Gasteiger partial charge in [-0.1, -0.05) is 30.3 Å². The lowest BCUT2D eigenvalue weighted by molar-refractivity contribution is 0.265. The van der Waals surface area contributed by atoms with Gasteiger partial charge in [0.25, 0.3) is 0 Å². The van der Waals surface area contributed by atoms with Gasteiger partial charge in [-0.3, -0.25) is 0 Å². The van der Waals surface area contributed by atoms with E-state index in [2.05, 4.69) is 12.1 Å². The van der Waals surface area contributed by atoms with E-state index in [0.717, 1.165) is 6.42 Å². The number of aliphatic hydroxyl groups is 2. The largest absolute Gasteiger partial charge is 0.396 e. The van der Waals surface area contributed by atoms with Crippen molar-refractivity contribution in [1.29, 1.82) is 0 Å². The van der Waals surface area contributed by atoms with Crippen LogP contribution < -0.4 is 0 Å². The summed E-state index contributed by atoms with van der Waals surface area (Å²) in [6, 6.07) is 10.1. The fourth-order valence-electron chi connectivity index (χ4n) is 1.50. The van der Waals surface area contributed by atoms with E-state index in [4.69, 9.17) is 10.2 Å². The molecule has 0 saturated carbocycles. The zero-order valence-corrected chi connectivity index (χ0v) is 8.32. The summed E-state index contributed by atoms with van der Waals surface area (Å²) in [7, 11) is 0. The molecule has 0 spiro atoms. The second kappa shape index (κ2) is 6.57. The molecule has 0 amide bonds. The Morgan fingerprint density at radius 3 is 2.00 bits per heavy atom. The summed E-state index contributed by atoms with van der Waals surface area (Å²) in [5, 5.41) is 17.7. The number of hydrogen-bond donors (Lipinski definition) is 2. The van der Waals surface area contributed by atoms with Gasteiger partial charge in [-0.05, 0) is 30.7 Å². The maximum absolute atomic E-state index is 8.84. The van der Waals surface area contributed by atoms with Crippen LogP contribution >= 0.6 is 0 Å². The summed E-state index contributed by atoms with van der Waals surface area (Å²) in [4.78, 5) is 0. The molecule has 0 aromatic heterocycles. The molecule has 2 nitrogen and oxygen atoms in total. The highest BCUT2D eigenvalue weighted by Crippen LogP contribution is 2.17. The van der Waals surface area contributed by atoms with E-state index >= 15 is 0 Å². The third kappa shape index (κ3) is 3.90. The first kappa shape index (κ1) is 11.2. The van der Waals surface area contributed by atoms with Gasteiger partial charge in [0.05, 0.1) is 0 Å². The van der Waals surface area contributed by atoms with Crippen LogP contribution in [0.4, 0.5) is 0 Å². The minimum absolute atomic E-state index is 0.169. The molecule has 0 heterocycles. The van der Waals surface area contributed by atoms with Crippen molar-refractivity contribution in [2.24, 2.45) is 0 Å². The van der Waals surface area contributed by atoms with Gasteiger partial charge in [-0.2, -0.15) is 0 Å². The predicted molar refractivity (Wildman–Crippen MR) is 56.8 cm³/mol. The molecule has 0 atom stereocenters. The van der Waals surface area contributed by atoms with E-state index in [1.807, 2.05) is 18.2 Å². The van der Waals surface area contributed by atoms with Crippen LogP contribution in [-0.2, 0) is 6.42 Å². The zero-order chi connectivity index (χ0) is 10.2. The Kier molecular flexibility index (Phi) is 5.27. The summed E-state index contributed by atoms with van der Waals surface area (Å²) >= 11 is 0. The first-order chi connectivity index (χ1) is 6.86. The lowest BCUT2D eigenvalue weighted by Gasteiger charge is -2.13. The van der Waals surface area contributed by atoms with Crippen molar-refractivity contribution in [3.63, 3.8) is 0 Å². The van der Waals surface area contributed by atoms with Crippen molar-refractivity contribution >= 4 is 0 Å². The smallest absolute Gasteiger partial charge is 0.0436 e. The molecule has 1 rings (SSSR count). The Morgan fingerprint density at radius 2 is 1.50 bits per heavy atom. The molecular formula is C12H17O2. The molecule has 1 aromatic rings. The Labute approximate surface area is 85.2 Å². The fraction of sp³-hybridized carbons (Fsp3) is 0.417. The molecule has 0 unspecified atom stereocenters. The third-order valence-corrected chi connectivity index (χ3v) is 2.23. The molecule has 0 aliphatic heterocycles. The quantitative estimate of drug-likeness (QED) is 0.720. The second-order valence-corrected chi connectivity index (χ2v) is 3.36. The molecule has 14 heavy (non-hydrogen) atoms. The van der Waals surface area contributed by atoms with E-state index < -0.39 is 0 Å². The van der Waals surface area contributed by atoms with Gasteiger partial charge in [-0.25, -0.2) is 0 Å². The van der Waals surface area contributed by atoms with E-state index in [9.17, 15) is 0 Å². The molecule has 77 valence electrons. The van der Waals surface area contributed by atoms with Crippen LogP contribution in [0.5, 0.6) is 0 Å². The molecule has 0 aliphatic carbocycles. The summed E-state index contributed by atoms with van der Waals surface area (Å²) in [5.74, 6) is 1.21. The van der Waals surface area contributed by atoms with Crippen LogP contribution in [-0.4, -0.2) is 23.4 Å². The fourth-order valence-corrected chi connectivity index (χ4v) is 1.50. The zero-order valence-electron chi connectivity index (χ0n) is 8.32. The average Bonchev–Trinajstić information content (AvgIpc) is 2.20. The van der Waals surface area contributed by atoms with Crippen molar-refractivity contribution in [2.45, 2.75) is 19.3 Å². The van der Waals surface area contributed by atoms with Crippen LogP contribution in [0, 0.1) is 5.92 Å². The maximum atomic E-state index is 8.84. The van der Waals surface area contributed by atoms with Gasteiger partial charge in [0, 0.05) is 13.2 Å². The molecular weight excluding hydrogens is 176 g/mol. The minimum atomic E-state index is 0.169. The first-order valence-electron chi connectivity index (χ1n) is 4.96. The van der Waals surface area contributed by atoms with Gasteiger partial charge in [0.1, 0.15) is 0 Å². The van der Waals surface area contributed by atoms with E-state index in [1.54, 1.807) is 0 Å². The lowest BCUT2D eigenvalue weighted by atomic mass is 9.94. The predicted octanol–water partition coefficient (Wildman–Crippen LogP) is 1.57. The molecule has 0 saturated heterocycles. The Morgan fingerprint density at radius 1 is 0.929 bits per heavy atom. The minimum Gasteiger partial charge on any atom is -0.396 e. The standard InChI is InChI=1S/C12H17O2/c13-8-6-12(7-9-14)10-11-4-2-1-3-5-11/h1-5,13-14H,6-10H2. The van der Waals surface area contributed by atoms with Gasteiger partial charge < -0.3 is 10.2 Å². The summed E-state index contributed by atoms with van der Waals surface area (Å²) < 4.78 is 0. The van der Waals surface area contributed by atoms with Crippen molar-refractivity contribution in [1.82, 2.24) is 0 Å². The van der Waals surface area contributed by atoms with Crippen molar-refractivity contribution in [2.75, 3.05) is 13.2 Å². The van der Waals surface area contributed by atoms with Crippen LogP contribution in [0.3, 0.4) is 0 Å². The summed E-state index contributed by atoms with van der Waals surface area (Å²) in [5.41, 5.74) is 1.24.